The number of hydrogen-bond acceptors (Lipinski definition) is 3. The summed E-state index contributed by atoms with van der Waals surface area (Å²) < 4.78 is 5.41. The van der Waals surface area contributed by atoms with E-state index in [0.717, 1.165) is 12.2 Å². The van der Waals surface area contributed by atoms with Gasteiger partial charge in [0.15, 0.2) is 0 Å². The molecule has 0 heterocycles. The maximum absolute atomic E-state index is 10.1. The molecule has 0 aromatic heterocycles. The Hall–Kier alpha value is -1.06. The fourth-order valence-electron chi connectivity index (χ4n) is 2.46. The minimum atomic E-state index is -0.445. The minimum absolute atomic E-state index is 0.139. The first-order chi connectivity index (χ1) is 9.40. The lowest BCUT2D eigenvalue weighted by Gasteiger charge is -2.22. The van der Waals surface area contributed by atoms with Gasteiger partial charge in [0, 0.05) is 6.04 Å². The third-order valence-corrected chi connectivity index (χ3v) is 4.01. The van der Waals surface area contributed by atoms with Crippen LogP contribution in [0.5, 0.6) is 5.75 Å². The predicted octanol–water partition coefficient (Wildman–Crippen LogP) is 3.41. The molecule has 0 fully saturated rings. The fourth-order valence-corrected chi connectivity index (χ4v) is 2.46. The molecule has 1 aromatic carbocycles. The van der Waals surface area contributed by atoms with Gasteiger partial charge in [-0.05, 0) is 41.9 Å². The zero-order chi connectivity index (χ0) is 15.3. The topological polar surface area (TPSA) is 55.5 Å². The normalized spacial score (nSPS) is 16.0. The van der Waals surface area contributed by atoms with Crippen LogP contribution in [0.25, 0.3) is 0 Å². The molecule has 3 unspecified atom stereocenters. The predicted molar refractivity (Wildman–Crippen MR) is 84.4 cm³/mol. The van der Waals surface area contributed by atoms with E-state index in [1.807, 2.05) is 13.0 Å². The van der Waals surface area contributed by atoms with Gasteiger partial charge in [0.05, 0.1) is 13.2 Å². The smallest absolute Gasteiger partial charge is 0.122 e. The highest BCUT2D eigenvalue weighted by atomic mass is 16.5. The molecule has 3 N–H and O–H groups in total. The largest absolute Gasteiger partial charge is 0.496 e. The molecule has 3 heteroatoms. The van der Waals surface area contributed by atoms with E-state index in [0.29, 0.717) is 12.3 Å². The number of aliphatic hydroxyl groups is 1. The van der Waals surface area contributed by atoms with Gasteiger partial charge in [-0.2, -0.15) is 0 Å². The fraction of sp³-hybridized carbons (Fsp3) is 0.647. The molecular formula is C17H29NO2. The van der Waals surface area contributed by atoms with Crippen molar-refractivity contribution in [3.8, 4) is 5.75 Å². The molecule has 0 aliphatic rings. The van der Waals surface area contributed by atoms with Crippen LogP contribution in [0.1, 0.15) is 63.5 Å². The van der Waals surface area contributed by atoms with Gasteiger partial charge < -0.3 is 15.6 Å². The van der Waals surface area contributed by atoms with Crippen molar-refractivity contribution in [3.05, 3.63) is 29.3 Å². The van der Waals surface area contributed by atoms with Crippen LogP contribution in [-0.4, -0.2) is 24.4 Å². The number of hydrogen-bond donors (Lipinski definition) is 2. The number of nitrogens with two attached hydrogens (primary N) is 1. The molecule has 1 rings (SSSR count). The molecule has 20 heavy (non-hydrogen) atoms. The van der Waals surface area contributed by atoms with Crippen LogP contribution >= 0.6 is 0 Å². The molecular weight excluding hydrogens is 250 g/mol. The first kappa shape index (κ1) is 17.0. The second-order valence-corrected chi connectivity index (χ2v) is 5.93. The van der Waals surface area contributed by atoms with E-state index in [-0.39, 0.29) is 12.0 Å². The zero-order valence-electron chi connectivity index (χ0n) is 13.4. The summed E-state index contributed by atoms with van der Waals surface area (Å²) in [6.07, 6.45) is 1.05. The lowest BCUT2D eigenvalue weighted by molar-refractivity contribution is 0.126. The molecule has 114 valence electrons. The first-order valence-corrected chi connectivity index (χ1v) is 7.52. The second kappa shape index (κ2) is 7.65. The van der Waals surface area contributed by atoms with Gasteiger partial charge in [0.2, 0.25) is 0 Å². The van der Waals surface area contributed by atoms with Crippen molar-refractivity contribution in [3.63, 3.8) is 0 Å². The molecule has 0 saturated heterocycles. The van der Waals surface area contributed by atoms with Crippen molar-refractivity contribution in [2.45, 2.75) is 64.5 Å². The van der Waals surface area contributed by atoms with Crippen molar-refractivity contribution in [2.75, 3.05) is 7.11 Å². The average molecular weight is 279 g/mol. The van der Waals surface area contributed by atoms with Crippen LogP contribution in [-0.2, 0) is 0 Å². The summed E-state index contributed by atoms with van der Waals surface area (Å²) in [5.41, 5.74) is 8.34. The van der Waals surface area contributed by atoms with Gasteiger partial charge >= 0.3 is 0 Å². The summed E-state index contributed by atoms with van der Waals surface area (Å²) in [5, 5.41) is 10.1. The number of methoxy groups -OCH3 is 1. The summed E-state index contributed by atoms with van der Waals surface area (Å²) >= 11 is 0. The summed E-state index contributed by atoms with van der Waals surface area (Å²) in [7, 11) is 1.70. The average Bonchev–Trinajstić information content (AvgIpc) is 2.45. The van der Waals surface area contributed by atoms with Gasteiger partial charge in [-0.15, -0.1) is 0 Å². The molecule has 0 aliphatic carbocycles. The van der Waals surface area contributed by atoms with Crippen LogP contribution in [0.15, 0.2) is 18.2 Å². The minimum Gasteiger partial charge on any atom is -0.496 e. The maximum Gasteiger partial charge on any atom is 0.122 e. The van der Waals surface area contributed by atoms with E-state index in [1.54, 1.807) is 7.11 Å². The van der Waals surface area contributed by atoms with Crippen LogP contribution < -0.4 is 10.5 Å². The molecule has 3 nitrogen and oxygen atoms in total. The van der Waals surface area contributed by atoms with Crippen LogP contribution in [0.2, 0.25) is 0 Å². The lowest BCUT2D eigenvalue weighted by Crippen LogP contribution is -2.34. The monoisotopic (exact) mass is 279 g/mol. The van der Waals surface area contributed by atoms with Crippen molar-refractivity contribution >= 4 is 0 Å². The van der Waals surface area contributed by atoms with Gasteiger partial charge in [0.1, 0.15) is 5.75 Å². The van der Waals surface area contributed by atoms with Crippen molar-refractivity contribution in [1.29, 1.82) is 0 Å². The molecule has 0 aliphatic heterocycles. The molecule has 1 aromatic rings. The van der Waals surface area contributed by atoms with E-state index in [2.05, 4.69) is 32.9 Å². The van der Waals surface area contributed by atoms with Gasteiger partial charge in [0.25, 0.3) is 0 Å². The Morgan fingerprint density at radius 1 is 1.25 bits per heavy atom. The van der Waals surface area contributed by atoms with E-state index >= 15 is 0 Å². The van der Waals surface area contributed by atoms with E-state index in [4.69, 9.17) is 10.5 Å². The first-order valence-electron chi connectivity index (χ1n) is 7.52. The maximum atomic E-state index is 10.1. The lowest BCUT2D eigenvalue weighted by atomic mass is 9.89. The summed E-state index contributed by atoms with van der Waals surface area (Å²) in [6, 6.07) is 6.16. The van der Waals surface area contributed by atoms with Crippen LogP contribution in [0, 0.1) is 0 Å². The highest BCUT2D eigenvalue weighted by Crippen LogP contribution is 2.31. The number of aliphatic hydroxyl groups excluding tert-OH is 1. The molecule has 0 saturated carbocycles. The standard InChI is InChI=1S/C17H29NO2/c1-6-15(18)16(19)9-12(4)13-7-8-17(20-5)14(10-13)11(2)3/h7-8,10-12,15-16,19H,6,9,18H2,1-5H3. The van der Waals surface area contributed by atoms with Gasteiger partial charge in [-0.3, -0.25) is 0 Å². The molecule has 0 radical (unpaired) electrons. The molecule has 0 bridgehead atoms. The Labute approximate surface area is 123 Å². The van der Waals surface area contributed by atoms with E-state index in [9.17, 15) is 5.11 Å². The van der Waals surface area contributed by atoms with Crippen molar-refractivity contribution in [1.82, 2.24) is 0 Å². The Morgan fingerprint density at radius 2 is 1.90 bits per heavy atom. The van der Waals surface area contributed by atoms with Crippen LogP contribution in [0.3, 0.4) is 0 Å². The summed E-state index contributed by atoms with van der Waals surface area (Å²) in [5.74, 6) is 1.63. The van der Waals surface area contributed by atoms with Crippen molar-refractivity contribution in [2.24, 2.45) is 5.73 Å². The number of rotatable bonds is 7. The molecule has 0 spiro atoms. The number of benzene rings is 1. The second-order valence-electron chi connectivity index (χ2n) is 5.93. The summed E-state index contributed by atoms with van der Waals surface area (Å²) in [4.78, 5) is 0. The molecule has 0 amide bonds. The Balaban J connectivity index is 2.88. The van der Waals surface area contributed by atoms with Gasteiger partial charge in [-0.1, -0.05) is 39.8 Å². The van der Waals surface area contributed by atoms with Crippen molar-refractivity contribution < 1.29 is 9.84 Å². The Kier molecular flexibility index (Phi) is 6.50. The van der Waals surface area contributed by atoms with E-state index < -0.39 is 6.10 Å². The highest BCUT2D eigenvalue weighted by molar-refractivity contribution is 5.40. The number of ether oxygens (including phenoxy) is 1. The molecule has 3 atom stereocenters. The highest BCUT2D eigenvalue weighted by Gasteiger charge is 2.18. The third kappa shape index (κ3) is 4.22. The zero-order valence-corrected chi connectivity index (χ0v) is 13.4. The van der Waals surface area contributed by atoms with Crippen LogP contribution in [0.4, 0.5) is 0 Å². The Bertz CT molecular complexity index is 417. The summed E-state index contributed by atoms with van der Waals surface area (Å²) in [6.45, 7) is 8.46. The van der Waals surface area contributed by atoms with E-state index in [1.165, 1.54) is 11.1 Å². The van der Waals surface area contributed by atoms with Gasteiger partial charge in [-0.25, -0.2) is 0 Å². The SMILES string of the molecule is CCC(N)C(O)CC(C)c1ccc(OC)c(C(C)C)c1. The quantitative estimate of drug-likeness (QED) is 0.804. The third-order valence-electron chi connectivity index (χ3n) is 4.01. The Morgan fingerprint density at radius 3 is 2.40 bits per heavy atom.